The zero-order valence-corrected chi connectivity index (χ0v) is 14.7. The number of carbonyl (C=O) groups is 1. The molecule has 0 radical (unpaired) electrons. The van der Waals surface area contributed by atoms with Gasteiger partial charge >= 0.3 is 5.97 Å². The number of ether oxygens (including phenoxy) is 2. The van der Waals surface area contributed by atoms with E-state index in [9.17, 15) is 4.79 Å². The number of halogens is 2. The van der Waals surface area contributed by atoms with Crippen LogP contribution in [0.3, 0.4) is 0 Å². The monoisotopic (exact) mass is 373 g/mol. The van der Waals surface area contributed by atoms with Gasteiger partial charge in [-0.05, 0) is 29.8 Å². The Labute approximate surface area is 155 Å². The molecule has 25 heavy (non-hydrogen) atoms. The van der Waals surface area contributed by atoms with Gasteiger partial charge in [0.05, 0.1) is 17.2 Å². The lowest BCUT2D eigenvalue weighted by atomic mass is 10.2. The minimum Gasteiger partial charge on any atom is -0.496 e. The summed E-state index contributed by atoms with van der Waals surface area (Å²) in [5, 5.41) is 0.764. The number of rotatable bonds is 4. The fourth-order valence-corrected chi connectivity index (χ4v) is 2.60. The summed E-state index contributed by atoms with van der Waals surface area (Å²) in [5.41, 5.74) is 1.60. The van der Waals surface area contributed by atoms with Crippen LogP contribution in [0.4, 0.5) is 0 Å². The molecule has 2 aromatic rings. The van der Waals surface area contributed by atoms with Crippen LogP contribution in [0.15, 0.2) is 59.2 Å². The number of carbonyl (C=O) groups excluding carboxylic acids is 1. The molecule has 0 atom stereocenters. The maximum atomic E-state index is 12.0. The van der Waals surface area contributed by atoms with Gasteiger partial charge in [0.1, 0.15) is 5.75 Å². The third-order valence-corrected chi connectivity index (χ3v) is 4.29. The second-order valence-corrected chi connectivity index (χ2v) is 5.87. The maximum Gasteiger partial charge on any atom is 0.363 e. The summed E-state index contributed by atoms with van der Waals surface area (Å²) in [6.07, 6.45) is 4.91. The fourth-order valence-electron chi connectivity index (χ4n) is 2.24. The van der Waals surface area contributed by atoms with Gasteiger partial charge < -0.3 is 9.47 Å². The number of nitrogens with zero attached hydrogens (tertiary/aromatic N) is 1. The van der Waals surface area contributed by atoms with E-state index in [-0.39, 0.29) is 11.6 Å². The van der Waals surface area contributed by atoms with Crippen LogP contribution >= 0.6 is 23.2 Å². The molecule has 2 aromatic carbocycles. The molecule has 0 fully saturated rings. The van der Waals surface area contributed by atoms with Crippen molar-refractivity contribution in [1.29, 1.82) is 0 Å². The van der Waals surface area contributed by atoms with Gasteiger partial charge in [0, 0.05) is 11.6 Å². The summed E-state index contributed by atoms with van der Waals surface area (Å²) in [4.78, 5) is 16.2. The van der Waals surface area contributed by atoms with Crippen LogP contribution in [0.5, 0.6) is 5.75 Å². The van der Waals surface area contributed by atoms with Gasteiger partial charge in [0.25, 0.3) is 0 Å². The van der Waals surface area contributed by atoms with Crippen LogP contribution in [0.25, 0.3) is 12.2 Å². The van der Waals surface area contributed by atoms with Crippen molar-refractivity contribution in [1.82, 2.24) is 0 Å². The van der Waals surface area contributed by atoms with Crippen LogP contribution in [-0.4, -0.2) is 19.0 Å². The largest absolute Gasteiger partial charge is 0.496 e. The molecule has 0 saturated heterocycles. The molecule has 0 spiro atoms. The molecule has 0 N–H and O–H groups in total. The zero-order chi connectivity index (χ0) is 17.8. The van der Waals surface area contributed by atoms with Crippen molar-refractivity contribution in [3.8, 4) is 5.75 Å². The van der Waals surface area contributed by atoms with Crippen molar-refractivity contribution in [3.63, 3.8) is 0 Å². The Hall–Kier alpha value is -2.56. The van der Waals surface area contributed by atoms with E-state index in [2.05, 4.69) is 4.99 Å². The number of methoxy groups -OCH3 is 1. The van der Waals surface area contributed by atoms with Crippen LogP contribution in [0, 0.1) is 0 Å². The Morgan fingerprint density at radius 2 is 1.80 bits per heavy atom. The number of para-hydroxylation sites is 1. The molecule has 126 valence electrons. The van der Waals surface area contributed by atoms with Crippen LogP contribution < -0.4 is 4.74 Å². The molecule has 0 aromatic heterocycles. The minimum atomic E-state index is -0.546. The number of hydrogen-bond donors (Lipinski definition) is 0. The smallest absolute Gasteiger partial charge is 0.363 e. The molecule has 0 bridgehead atoms. The zero-order valence-electron chi connectivity index (χ0n) is 13.2. The van der Waals surface area contributed by atoms with E-state index in [0.717, 1.165) is 5.56 Å². The molecule has 0 amide bonds. The summed E-state index contributed by atoms with van der Waals surface area (Å²) in [6.45, 7) is 0. The summed E-state index contributed by atoms with van der Waals surface area (Å²) in [5.74, 6) is 0.362. The first kappa shape index (κ1) is 17.3. The van der Waals surface area contributed by atoms with Crippen molar-refractivity contribution in [2.45, 2.75) is 0 Å². The topological polar surface area (TPSA) is 47.9 Å². The molecular weight excluding hydrogens is 361 g/mol. The molecule has 6 heteroatoms. The quantitative estimate of drug-likeness (QED) is 0.558. The van der Waals surface area contributed by atoms with E-state index in [0.29, 0.717) is 21.4 Å². The molecule has 0 aliphatic carbocycles. The average molecular weight is 374 g/mol. The number of hydrogen-bond acceptors (Lipinski definition) is 4. The van der Waals surface area contributed by atoms with E-state index < -0.39 is 5.97 Å². The summed E-state index contributed by atoms with van der Waals surface area (Å²) in [7, 11) is 1.59. The predicted octanol–water partition coefficient (Wildman–Crippen LogP) is 5.01. The number of aliphatic imine (C=N–C) groups is 1. The molecule has 0 saturated carbocycles. The summed E-state index contributed by atoms with van der Waals surface area (Å²) in [6, 6.07) is 12.6. The highest BCUT2D eigenvalue weighted by Crippen LogP contribution is 2.28. The third kappa shape index (κ3) is 3.92. The number of cyclic esters (lactones) is 1. The van der Waals surface area contributed by atoms with Crippen molar-refractivity contribution in [3.05, 3.63) is 75.4 Å². The van der Waals surface area contributed by atoms with E-state index in [1.807, 2.05) is 24.3 Å². The Balaban J connectivity index is 1.86. The highest BCUT2D eigenvalue weighted by atomic mass is 35.5. The predicted molar refractivity (Wildman–Crippen MR) is 100.0 cm³/mol. The fraction of sp³-hybridized carbons (Fsp3) is 0.0526. The van der Waals surface area contributed by atoms with Gasteiger partial charge in [-0.15, -0.1) is 0 Å². The Kier molecular flexibility index (Phi) is 5.22. The molecular formula is C19H13Cl2NO3. The molecule has 0 unspecified atom stereocenters. The summed E-state index contributed by atoms with van der Waals surface area (Å²) >= 11 is 12.1. The van der Waals surface area contributed by atoms with Crippen molar-refractivity contribution in [2.75, 3.05) is 7.11 Å². The van der Waals surface area contributed by atoms with Crippen molar-refractivity contribution < 1.29 is 14.3 Å². The average Bonchev–Trinajstić information content (AvgIpc) is 2.97. The summed E-state index contributed by atoms with van der Waals surface area (Å²) < 4.78 is 10.4. The Morgan fingerprint density at radius 1 is 1.04 bits per heavy atom. The van der Waals surface area contributed by atoms with Crippen molar-refractivity contribution in [2.24, 2.45) is 4.99 Å². The highest BCUT2D eigenvalue weighted by Gasteiger charge is 2.21. The lowest BCUT2D eigenvalue weighted by Crippen LogP contribution is -2.01. The molecule has 1 heterocycles. The highest BCUT2D eigenvalue weighted by molar-refractivity contribution is 6.43. The molecule has 3 rings (SSSR count). The second kappa shape index (κ2) is 7.55. The van der Waals surface area contributed by atoms with Crippen LogP contribution in [-0.2, 0) is 9.53 Å². The van der Waals surface area contributed by atoms with E-state index in [4.69, 9.17) is 32.7 Å². The maximum absolute atomic E-state index is 12.0. The normalized spacial score (nSPS) is 15.6. The van der Waals surface area contributed by atoms with E-state index in [1.165, 1.54) is 0 Å². The lowest BCUT2D eigenvalue weighted by molar-refractivity contribution is -0.129. The standard InChI is InChI=1S/C19H13Cl2NO3/c1-24-16-8-3-2-5-12(16)9-10-17-22-15(19(23)25-17)11-13-6-4-7-14(20)18(13)21/h2-11H,1H3. The van der Waals surface area contributed by atoms with Gasteiger partial charge in [-0.1, -0.05) is 53.5 Å². The lowest BCUT2D eigenvalue weighted by Gasteiger charge is -2.02. The number of esters is 1. The third-order valence-electron chi connectivity index (χ3n) is 3.46. The van der Waals surface area contributed by atoms with Gasteiger partial charge in [0.15, 0.2) is 5.70 Å². The van der Waals surface area contributed by atoms with Gasteiger partial charge in [0.2, 0.25) is 5.90 Å². The first-order valence-electron chi connectivity index (χ1n) is 7.36. The van der Waals surface area contributed by atoms with Gasteiger partial charge in [-0.25, -0.2) is 9.79 Å². The number of benzene rings is 2. The Morgan fingerprint density at radius 3 is 2.60 bits per heavy atom. The van der Waals surface area contributed by atoms with Crippen LogP contribution in [0.1, 0.15) is 11.1 Å². The minimum absolute atomic E-state index is 0.156. The molecule has 1 aliphatic heterocycles. The molecule has 1 aliphatic rings. The Bertz CT molecular complexity index is 917. The second-order valence-electron chi connectivity index (χ2n) is 5.09. The van der Waals surface area contributed by atoms with Gasteiger partial charge in [-0.3, -0.25) is 0 Å². The first-order valence-corrected chi connectivity index (χ1v) is 8.12. The first-order chi connectivity index (χ1) is 12.1. The van der Waals surface area contributed by atoms with Crippen molar-refractivity contribution >= 4 is 47.2 Å². The van der Waals surface area contributed by atoms with E-state index in [1.54, 1.807) is 43.5 Å². The SMILES string of the molecule is COc1ccccc1C=CC1=NC(=Cc2cccc(Cl)c2Cl)C(=O)O1. The van der Waals surface area contributed by atoms with Gasteiger partial charge in [-0.2, -0.15) is 0 Å². The van der Waals surface area contributed by atoms with E-state index >= 15 is 0 Å². The van der Waals surface area contributed by atoms with Crippen LogP contribution in [0.2, 0.25) is 10.0 Å². The molecule has 4 nitrogen and oxygen atoms in total.